The van der Waals surface area contributed by atoms with Gasteiger partial charge in [0, 0.05) is 17.6 Å². The molecular weight excluding hydrogens is 272 g/mol. The molecule has 100 valence electrons. The summed E-state index contributed by atoms with van der Waals surface area (Å²) >= 11 is 0.676. The molecule has 0 aliphatic heterocycles. The average Bonchev–Trinajstić information content (AvgIpc) is 2.37. The molecule has 0 aliphatic rings. The summed E-state index contributed by atoms with van der Waals surface area (Å²) in [5.41, 5.74) is 0.555. The summed E-state index contributed by atoms with van der Waals surface area (Å²) in [7, 11) is -3.51. The molecule has 4 nitrogen and oxygen atoms in total. The summed E-state index contributed by atoms with van der Waals surface area (Å²) in [6.45, 7) is 1.90. The highest BCUT2D eigenvalue weighted by molar-refractivity contribution is 8.04. The summed E-state index contributed by atoms with van der Waals surface area (Å²) in [5.74, 6) is -0.155. The molecule has 0 spiro atoms. The van der Waals surface area contributed by atoms with Gasteiger partial charge in [-0.3, -0.25) is 4.79 Å². The van der Waals surface area contributed by atoms with E-state index in [1.807, 2.05) is 13.0 Å². The van der Waals surface area contributed by atoms with Crippen LogP contribution in [-0.4, -0.2) is 25.7 Å². The lowest BCUT2D eigenvalue weighted by Gasteiger charge is -2.03. The van der Waals surface area contributed by atoms with E-state index in [9.17, 15) is 13.2 Å². The molecule has 0 bridgehead atoms. The number of carbonyl (C=O) groups excluding carboxylic acids is 1. The summed E-state index contributed by atoms with van der Waals surface area (Å²) < 4.78 is 27.4. The zero-order chi connectivity index (χ0) is 13.4. The van der Waals surface area contributed by atoms with Gasteiger partial charge in [-0.25, -0.2) is 0 Å². The molecule has 0 unspecified atom stereocenters. The first-order chi connectivity index (χ1) is 8.55. The number of hydrogen-bond donors (Lipinski definition) is 0. The summed E-state index contributed by atoms with van der Waals surface area (Å²) in [5, 5.41) is 0. The van der Waals surface area contributed by atoms with E-state index in [-0.39, 0.29) is 17.3 Å². The van der Waals surface area contributed by atoms with Crippen molar-refractivity contribution in [3.05, 3.63) is 35.9 Å². The highest BCUT2D eigenvalue weighted by atomic mass is 32.3. The number of hydrogen-bond acceptors (Lipinski definition) is 5. The third kappa shape index (κ3) is 5.66. The van der Waals surface area contributed by atoms with Crippen LogP contribution in [0.5, 0.6) is 0 Å². The first-order valence-electron chi connectivity index (χ1n) is 5.67. The standard InChI is InChI=1S/C12H16O4S2/c1-2-3-9-18(14,15)16-17-10-12(13)11-7-5-4-6-8-11/h4-8H,2-3,9-10H2,1H3. The van der Waals surface area contributed by atoms with Crippen LogP contribution in [0.2, 0.25) is 0 Å². The Bertz CT molecular complexity index is 468. The predicted octanol–water partition coefficient (Wildman–Crippen LogP) is 2.66. The third-order valence-corrected chi connectivity index (χ3v) is 4.57. The summed E-state index contributed by atoms with van der Waals surface area (Å²) in [6, 6.07) is 8.71. The van der Waals surface area contributed by atoms with Gasteiger partial charge in [-0.2, -0.15) is 12.0 Å². The maximum atomic E-state index is 11.6. The average molecular weight is 288 g/mol. The maximum Gasteiger partial charge on any atom is 0.278 e. The van der Waals surface area contributed by atoms with Crippen LogP contribution in [0, 0.1) is 0 Å². The lowest BCUT2D eigenvalue weighted by molar-refractivity contribution is 0.102. The van der Waals surface area contributed by atoms with Gasteiger partial charge >= 0.3 is 0 Å². The van der Waals surface area contributed by atoms with Gasteiger partial charge in [0.15, 0.2) is 5.78 Å². The highest BCUT2D eigenvalue weighted by Gasteiger charge is 2.13. The van der Waals surface area contributed by atoms with Gasteiger partial charge in [0.1, 0.15) is 0 Å². The smallest absolute Gasteiger partial charge is 0.278 e. The van der Waals surface area contributed by atoms with E-state index in [0.717, 1.165) is 6.42 Å². The molecule has 0 saturated carbocycles. The van der Waals surface area contributed by atoms with Crippen LogP contribution in [-0.2, 0) is 13.7 Å². The Morgan fingerprint density at radius 2 is 1.94 bits per heavy atom. The minimum atomic E-state index is -3.51. The van der Waals surface area contributed by atoms with Crippen LogP contribution >= 0.6 is 12.0 Å². The summed E-state index contributed by atoms with van der Waals surface area (Å²) in [6.07, 6.45) is 1.35. The van der Waals surface area contributed by atoms with Gasteiger partial charge in [0.2, 0.25) is 0 Å². The second kappa shape index (κ2) is 7.56. The Morgan fingerprint density at radius 1 is 1.28 bits per heavy atom. The molecule has 1 aromatic rings. The van der Waals surface area contributed by atoms with Crippen LogP contribution in [0.3, 0.4) is 0 Å². The van der Waals surface area contributed by atoms with E-state index in [1.165, 1.54) is 0 Å². The Kier molecular flexibility index (Phi) is 6.38. The minimum absolute atomic E-state index is 0.00394. The number of unbranched alkanes of at least 4 members (excludes halogenated alkanes) is 1. The minimum Gasteiger partial charge on any atom is -0.293 e. The Morgan fingerprint density at radius 3 is 2.56 bits per heavy atom. The fraction of sp³-hybridized carbons (Fsp3) is 0.417. The lowest BCUT2D eigenvalue weighted by atomic mass is 10.2. The SMILES string of the molecule is CCCCS(=O)(=O)OSCC(=O)c1ccccc1. The molecular formula is C12H16O4S2. The second-order valence-corrected chi connectivity index (χ2v) is 6.33. The molecule has 0 N–H and O–H groups in total. The molecule has 6 heteroatoms. The van der Waals surface area contributed by atoms with Crippen molar-refractivity contribution >= 4 is 27.9 Å². The largest absolute Gasteiger partial charge is 0.293 e. The molecule has 0 amide bonds. The van der Waals surface area contributed by atoms with Crippen molar-refractivity contribution in [2.24, 2.45) is 0 Å². The molecule has 1 aromatic carbocycles. The van der Waals surface area contributed by atoms with E-state index >= 15 is 0 Å². The molecule has 0 aromatic heterocycles. The van der Waals surface area contributed by atoms with E-state index < -0.39 is 10.1 Å². The van der Waals surface area contributed by atoms with Crippen LogP contribution in [0.4, 0.5) is 0 Å². The number of rotatable bonds is 8. The molecule has 0 atom stereocenters. The van der Waals surface area contributed by atoms with Crippen molar-refractivity contribution < 1.29 is 16.8 Å². The topological polar surface area (TPSA) is 60.4 Å². The maximum absolute atomic E-state index is 11.6. The molecule has 0 fully saturated rings. The fourth-order valence-electron chi connectivity index (χ4n) is 1.21. The second-order valence-electron chi connectivity index (χ2n) is 3.73. The van der Waals surface area contributed by atoms with Crippen LogP contribution in [0.1, 0.15) is 30.1 Å². The molecule has 1 rings (SSSR count). The van der Waals surface area contributed by atoms with Crippen molar-refractivity contribution in [2.45, 2.75) is 19.8 Å². The Labute approximate surface area is 112 Å². The van der Waals surface area contributed by atoms with Crippen molar-refractivity contribution in [3.8, 4) is 0 Å². The van der Waals surface area contributed by atoms with Crippen LogP contribution in [0.15, 0.2) is 30.3 Å². The number of ketones is 1. The number of benzene rings is 1. The van der Waals surface area contributed by atoms with Crippen LogP contribution in [0.25, 0.3) is 0 Å². The van der Waals surface area contributed by atoms with Gasteiger partial charge in [0.05, 0.1) is 11.5 Å². The van der Waals surface area contributed by atoms with Gasteiger partial charge < -0.3 is 0 Å². The number of carbonyl (C=O) groups is 1. The fourth-order valence-corrected chi connectivity index (χ4v) is 3.18. The highest BCUT2D eigenvalue weighted by Crippen LogP contribution is 2.13. The lowest BCUT2D eigenvalue weighted by Crippen LogP contribution is -2.09. The third-order valence-electron chi connectivity index (χ3n) is 2.19. The molecule has 0 radical (unpaired) electrons. The van der Waals surface area contributed by atoms with E-state index in [0.29, 0.717) is 24.0 Å². The van der Waals surface area contributed by atoms with Crippen LogP contribution < -0.4 is 0 Å². The van der Waals surface area contributed by atoms with E-state index in [2.05, 4.69) is 0 Å². The Balaban J connectivity index is 2.36. The summed E-state index contributed by atoms with van der Waals surface area (Å²) in [4.78, 5) is 11.6. The Hall–Kier alpha value is -0.850. The molecule has 0 heterocycles. The van der Waals surface area contributed by atoms with Crippen molar-refractivity contribution in [3.63, 3.8) is 0 Å². The predicted molar refractivity (Wildman–Crippen MR) is 73.0 cm³/mol. The molecule has 18 heavy (non-hydrogen) atoms. The first-order valence-corrected chi connectivity index (χ1v) is 8.16. The first kappa shape index (κ1) is 15.2. The van der Waals surface area contributed by atoms with Gasteiger partial charge in [-0.05, 0) is 6.42 Å². The zero-order valence-electron chi connectivity index (χ0n) is 10.2. The van der Waals surface area contributed by atoms with E-state index in [1.54, 1.807) is 24.3 Å². The number of Topliss-reactive ketones (excluding diaryl/α,β-unsaturated/α-hetero) is 1. The van der Waals surface area contributed by atoms with Gasteiger partial charge in [0.25, 0.3) is 10.1 Å². The van der Waals surface area contributed by atoms with Crippen molar-refractivity contribution in [2.75, 3.05) is 11.5 Å². The quantitative estimate of drug-likeness (QED) is 0.543. The van der Waals surface area contributed by atoms with Gasteiger partial charge in [-0.1, -0.05) is 43.7 Å². The monoisotopic (exact) mass is 288 g/mol. The normalized spacial score (nSPS) is 11.4. The van der Waals surface area contributed by atoms with E-state index in [4.69, 9.17) is 3.63 Å². The zero-order valence-corrected chi connectivity index (χ0v) is 11.8. The molecule has 0 aliphatic carbocycles. The van der Waals surface area contributed by atoms with Gasteiger partial charge in [-0.15, -0.1) is 0 Å². The van der Waals surface area contributed by atoms with Crippen molar-refractivity contribution in [1.82, 2.24) is 0 Å². The molecule has 0 saturated heterocycles. The van der Waals surface area contributed by atoms with Crippen molar-refractivity contribution in [1.29, 1.82) is 0 Å².